The Morgan fingerprint density at radius 2 is 1.71 bits per heavy atom. The van der Waals surface area contributed by atoms with Gasteiger partial charge < -0.3 is 5.11 Å². The molecule has 1 nitrogen and oxygen atoms in total. The van der Waals surface area contributed by atoms with E-state index < -0.39 is 0 Å². The van der Waals surface area contributed by atoms with Crippen molar-refractivity contribution in [2.75, 3.05) is 0 Å². The number of fused-ring (bicyclic) bond motifs is 5. The molecule has 0 unspecified atom stereocenters. The molecule has 4 rings (SSSR count). The van der Waals surface area contributed by atoms with Crippen LogP contribution in [0.25, 0.3) is 0 Å². The van der Waals surface area contributed by atoms with Gasteiger partial charge in [0.25, 0.3) is 0 Å². The summed E-state index contributed by atoms with van der Waals surface area (Å²) in [6.45, 7) is 8.99. The number of allylic oxidation sites excluding steroid dienone is 1. The molecule has 21 heavy (non-hydrogen) atoms. The average Bonchev–Trinajstić information content (AvgIpc) is 2.73. The maximum atomic E-state index is 10.4. The van der Waals surface area contributed by atoms with Crippen LogP contribution in [0.3, 0.4) is 0 Å². The Hall–Kier alpha value is -0.300. The van der Waals surface area contributed by atoms with E-state index in [0.717, 1.165) is 42.4 Å². The van der Waals surface area contributed by atoms with Gasteiger partial charge in [-0.3, -0.25) is 0 Å². The third-order valence-corrected chi connectivity index (χ3v) is 8.19. The van der Waals surface area contributed by atoms with Crippen LogP contribution in [0.5, 0.6) is 0 Å². The van der Waals surface area contributed by atoms with Crippen LogP contribution in [0.1, 0.15) is 71.6 Å². The van der Waals surface area contributed by atoms with Gasteiger partial charge in [0, 0.05) is 0 Å². The van der Waals surface area contributed by atoms with E-state index in [0.29, 0.717) is 5.41 Å². The SMILES string of the molecule is C=C1CC[C@H]2[C@@H]3CC[C@H]4C[C@](C)(O)CC[C@@H]4[C@H]3CC[C@]12C. The lowest BCUT2D eigenvalue weighted by atomic mass is 9.49. The molecular weight excluding hydrogens is 256 g/mol. The van der Waals surface area contributed by atoms with E-state index in [-0.39, 0.29) is 5.60 Å². The van der Waals surface area contributed by atoms with Gasteiger partial charge in [-0.05, 0) is 99.7 Å². The minimum Gasteiger partial charge on any atom is -0.390 e. The van der Waals surface area contributed by atoms with E-state index in [1.54, 1.807) is 5.57 Å². The molecule has 0 aromatic carbocycles. The number of rotatable bonds is 0. The van der Waals surface area contributed by atoms with Crippen molar-refractivity contribution in [3.63, 3.8) is 0 Å². The van der Waals surface area contributed by atoms with Gasteiger partial charge in [-0.25, -0.2) is 0 Å². The lowest BCUT2D eigenvalue weighted by molar-refractivity contribution is -0.0899. The molecule has 4 aliphatic carbocycles. The molecule has 0 aromatic rings. The summed E-state index contributed by atoms with van der Waals surface area (Å²) in [5, 5.41) is 10.4. The van der Waals surface area contributed by atoms with Crippen LogP contribution in [-0.2, 0) is 0 Å². The third kappa shape index (κ3) is 2.06. The van der Waals surface area contributed by atoms with Gasteiger partial charge in [-0.15, -0.1) is 0 Å². The van der Waals surface area contributed by atoms with Gasteiger partial charge in [0.05, 0.1) is 5.60 Å². The Labute approximate surface area is 130 Å². The molecule has 0 heterocycles. The lowest BCUT2D eigenvalue weighted by Gasteiger charge is -2.56. The summed E-state index contributed by atoms with van der Waals surface area (Å²) < 4.78 is 0. The Morgan fingerprint density at radius 1 is 0.952 bits per heavy atom. The zero-order valence-electron chi connectivity index (χ0n) is 13.9. The van der Waals surface area contributed by atoms with E-state index in [1.165, 1.54) is 44.9 Å². The smallest absolute Gasteiger partial charge is 0.0622 e. The Morgan fingerprint density at radius 3 is 2.52 bits per heavy atom. The molecule has 1 N–H and O–H groups in total. The molecule has 4 aliphatic rings. The van der Waals surface area contributed by atoms with Crippen molar-refractivity contribution < 1.29 is 5.11 Å². The summed E-state index contributed by atoms with van der Waals surface area (Å²) in [5.41, 5.74) is 1.65. The molecule has 4 saturated carbocycles. The van der Waals surface area contributed by atoms with Crippen molar-refractivity contribution in [1.29, 1.82) is 0 Å². The fraction of sp³-hybridized carbons (Fsp3) is 0.900. The van der Waals surface area contributed by atoms with Gasteiger partial charge in [-0.1, -0.05) is 19.1 Å². The molecule has 0 spiro atoms. The van der Waals surface area contributed by atoms with Gasteiger partial charge in [0.1, 0.15) is 0 Å². The zero-order chi connectivity index (χ0) is 14.8. The summed E-state index contributed by atoms with van der Waals surface area (Å²) >= 11 is 0. The van der Waals surface area contributed by atoms with Crippen LogP contribution in [0.15, 0.2) is 12.2 Å². The quantitative estimate of drug-likeness (QED) is 0.626. The molecule has 0 aliphatic heterocycles. The van der Waals surface area contributed by atoms with E-state index in [1.807, 2.05) is 0 Å². The molecule has 0 aromatic heterocycles. The Kier molecular flexibility index (Phi) is 3.13. The summed E-state index contributed by atoms with van der Waals surface area (Å²) in [6.07, 6.45) is 11.7. The second-order valence-corrected chi connectivity index (χ2v) is 9.27. The van der Waals surface area contributed by atoms with Crippen LogP contribution < -0.4 is 0 Å². The molecule has 0 radical (unpaired) electrons. The first-order valence-corrected chi connectivity index (χ1v) is 9.31. The van der Waals surface area contributed by atoms with Crippen molar-refractivity contribution in [3.8, 4) is 0 Å². The van der Waals surface area contributed by atoms with E-state index in [4.69, 9.17) is 0 Å². The Balaban J connectivity index is 1.57. The van der Waals surface area contributed by atoms with Gasteiger partial charge >= 0.3 is 0 Å². The van der Waals surface area contributed by atoms with E-state index >= 15 is 0 Å². The van der Waals surface area contributed by atoms with Crippen molar-refractivity contribution in [2.24, 2.45) is 35.0 Å². The molecule has 7 atom stereocenters. The predicted molar refractivity (Wildman–Crippen MR) is 86.9 cm³/mol. The van der Waals surface area contributed by atoms with E-state index in [9.17, 15) is 5.11 Å². The summed E-state index contributed by atoms with van der Waals surface area (Å²) in [6, 6.07) is 0. The minimum absolute atomic E-state index is 0.376. The second kappa shape index (κ2) is 4.60. The molecule has 0 amide bonds. The molecule has 0 bridgehead atoms. The van der Waals surface area contributed by atoms with Crippen LogP contribution in [0, 0.1) is 35.0 Å². The first-order valence-electron chi connectivity index (χ1n) is 9.31. The maximum absolute atomic E-state index is 10.4. The monoisotopic (exact) mass is 288 g/mol. The van der Waals surface area contributed by atoms with E-state index in [2.05, 4.69) is 20.4 Å². The van der Waals surface area contributed by atoms with Crippen molar-refractivity contribution >= 4 is 0 Å². The molecule has 4 fully saturated rings. The summed E-state index contributed by atoms with van der Waals surface area (Å²) in [7, 11) is 0. The average molecular weight is 288 g/mol. The predicted octanol–water partition coefficient (Wildman–Crippen LogP) is 4.95. The van der Waals surface area contributed by atoms with Crippen LogP contribution >= 0.6 is 0 Å². The normalized spacial score (nSPS) is 56.5. The number of aliphatic hydroxyl groups is 1. The lowest BCUT2D eigenvalue weighted by Crippen LogP contribution is -2.49. The highest BCUT2D eigenvalue weighted by molar-refractivity contribution is 5.20. The minimum atomic E-state index is -0.376. The highest BCUT2D eigenvalue weighted by Gasteiger charge is 2.55. The highest BCUT2D eigenvalue weighted by Crippen LogP contribution is 2.64. The van der Waals surface area contributed by atoms with Gasteiger partial charge in [-0.2, -0.15) is 0 Å². The van der Waals surface area contributed by atoms with Crippen LogP contribution in [0.2, 0.25) is 0 Å². The third-order valence-electron chi connectivity index (χ3n) is 8.19. The van der Waals surface area contributed by atoms with Crippen molar-refractivity contribution in [2.45, 2.75) is 77.2 Å². The maximum Gasteiger partial charge on any atom is 0.0622 e. The largest absolute Gasteiger partial charge is 0.390 e. The number of hydrogen-bond acceptors (Lipinski definition) is 1. The topological polar surface area (TPSA) is 20.2 Å². The molecular formula is C20H32O. The zero-order valence-corrected chi connectivity index (χ0v) is 13.9. The van der Waals surface area contributed by atoms with Crippen LogP contribution in [-0.4, -0.2) is 10.7 Å². The Bertz CT molecular complexity index is 451. The molecule has 1 heteroatoms. The van der Waals surface area contributed by atoms with Crippen molar-refractivity contribution in [3.05, 3.63) is 12.2 Å². The second-order valence-electron chi connectivity index (χ2n) is 9.27. The molecule has 0 saturated heterocycles. The summed E-state index contributed by atoms with van der Waals surface area (Å²) in [5.74, 6) is 4.58. The fourth-order valence-corrected chi connectivity index (χ4v) is 6.99. The first-order chi connectivity index (χ1) is 9.91. The highest BCUT2D eigenvalue weighted by atomic mass is 16.3. The standard InChI is InChI=1S/C20H32O/c1-13-4-7-18-17-6-5-14-12-19(2,21)10-8-15(14)16(17)9-11-20(13,18)3/h14-18,21H,1,4-12H2,2-3H3/t14-,15-,16+,17+,18-,19+,20+/m0/s1. The van der Waals surface area contributed by atoms with Crippen molar-refractivity contribution in [1.82, 2.24) is 0 Å². The van der Waals surface area contributed by atoms with Gasteiger partial charge in [0.2, 0.25) is 0 Å². The van der Waals surface area contributed by atoms with Crippen LogP contribution in [0.4, 0.5) is 0 Å². The first kappa shape index (κ1) is 14.3. The fourth-order valence-electron chi connectivity index (χ4n) is 6.99. The number of hydrogen-bond donors (Lipinski definition) is 1. The van der Waals surface area contributed by atoms with Gasteiger partial charge in [0.15, 0.2) is 0 Å². The summed E-state index contributed by atoms with van der Waals surface area (Å²) in [4.78, 5) is 0. The molecule has 118 valence electrons.